The van der Waals surface area contributed by atoms with Gasteiger partial charge in [0, 0.05) is 6.42 Å². The van der Waals surface area contributed by atoms with E-state index in [0.29, 0.717) is 12.8 Å². The Morgan fingerprint density at radius 2 is 1.94 bits per heavy atom. The Bertz CT molecular complexity index is 583. The minimum atomic E-state index is -3.74. The van der Waals surface area contributed by atoms with Gasteiger partial charge in [0.25, 0.3) is 0 Å². The standard InChI is InChI=1S/C12H14BrNO3S/c1-2-12(8-9-6-4-3-5-7-9)10(14)11(13)18(15,16)17-12/h3-7H,2,8,14H2,1H3. The van der Waals surface area contributed by atoms with Crippen LogP contribution in [0.15, 0.2) is 39.8 Å². The largest absolute Gasteiger partial charge is 0.398 e. The average Bonchev–Trinajstić information content (AvgIpc) is 2.52. The summed E-state index contributed by atoms with van der Waals surface area (Å²) in [6, 6.07) is 9.55. The molecular formula is C12H14BrNO3S. The molecule has 0 fully saturated rings. The maximum atomic E-state index is 11.7. The second kappa shape index (κ2) is 4.68. The summed E-state index contributed by atoms with van der Waals surface area (Å²) in [7, 11) is -3.74. The molecule has 1 aromatic rings. The van der Waals surface area contributed by atoms with E-state index in [1.165, 1.54) is 0 Å². The Kier molecular flexibility index (Phi) is 3.53. The summed E-state index contributed by atoms with van der Waals surface area (Å²) < 4.78 is 28.7. The Morgan fingerprint density at radius 3 is 2.39 bits per heavy atom. The van der Waals surface area contributed by atoms with Gasteiger partial charge in [0.15, 0.2) is 3.81 Å². The molecule has 18 heavy (non-hydrogen) atoms. The maximum absolute atomic E-state index is 11.7. The topological polar surface area (TPSA) is 69.4 Å². The number of rotatable bonds is 3. The molecule has 1 unspecified atom stereocenters. The number of hydrogen-bond acceptors (Lipinski definition) is 4. The molecule has 0 bridgehead atoms. The molecule has 2 rings (SSSR count). The highest BCUT2D eigenvalue weighted by atomic mass is 79.9. The van der Waals surface area contributed by atoms with E-state index in [4.69, 9.17) is 9.92 Å². The fourth-order valence-corrected chi connectivity index (χ4v) is 3.80. The zero-order valence-corrected chi connectivity index (χ0v) is 12.3. The predicted molar refractivity (Wildman–Crippen MR) is 73.3 cm³/mol. The molecule has 1 aliphatic heterocycles. The van der Waals surface area contributed by atoms with Gasteiger partial charge in [0.1, 0.15) is 5.60 Å². The van der Waals surface area contributed by atoms with Crippen LogP contribution in [0, 0.1) is 0 Å². The normalized spacial score (nSPS) is 26.6. The Morgan fingerprint density at radius 1 is 1.33 bits per heavy atom. The summed E-state index contributed by atoms with van der Waals surface area (Å²) in [5.74, 6) is 0. The van der Waals surface area contributed by atoms with Gasteiger partial charge < -0.3 is 5.73 Å². The molecule has 0 spiro atoms. The molecule has 98 valence electrons. The number of nitrogens with two attached hydrogens (primary N) is 1. The molecule has 1 heterocycles. The molecular weight excluding hydrogens is 318 g/mol. The predicted octanol–water partition coefficient (Wildman–Crippen LogP) is 2.26. The van der Waals surface area contributed by atoms with Crippen LogP contribution >= 0.6 is 15.9 Å². The molecule has 2 N–H and O–H groups in total. The van der Waals surface area contributed by atoms with Gasteiger partial charge in [-0.15, -0.1) is 0 Å². The van der Waals surface area contributed by atoms with Crippen molar-refractivity contribution in [1.82, 2.24) is 0 Å². The SMILES string of the molecule is CCC1(Cc2ccccc2)OS(=O)(=O)C(Br)=C1N. The first-order chi connectivity index (χ1) is 8.41. The third-order valence-electron chi connectivity index (χ3n) is 3.09. The zero-order valence-electron chi connectivity index (χ0n) is 9.89. The summed E-state index contributed by atoms with van der Waals surface area (Å²) in [5.41, 5.74) is 6.18. The van der Waals surface area contributed by atoms with Crippen LogP contribution in [-0.4, -0.2) is 14.0 Å². The Labute approximate surface area is 115 Å². The van der Waals surface area contributed by atoms with Crippen molar-refractivity contribution in [2.45, 2.75) is 25.4 Å². The van der Waals surface area contributed by atoms with Gasteiger partial charge in [0.2, 0.25) is 0 Å². The van der Waals surface area contributed by atoms with Crippen LogP contribution in [0.1, 0.15) is 18.9 Å². The van der Waals surface area contributed by atoms with Crippen molar-refractivity contribution in [3.63, 3.8) is 0 Å². The van der Waals surface area contributed by atoms with Crippen LogP contribution in [0.4, 0.5) is 0 Å². The smallest absolute Gasteiger partial charge is 0.306 e. The van der Waals surface area contributed by atoms with E-state index >= 15 is 0 Å². The summed E-state index contributed by atoms with van der Waals surface area (Å²) in [6.45, 7) is 1.86. The third-order valence-corrected chi connectivity index (χ3v) is 5.91. The molecule has 1 aromatic carbocycles. The van der Waals surface area contributed by atoms with Gasteiger partial charge in [-0.25, -0.2) is 0 Å². The quantitative estimate of drug-likeness (QED) is 0.862. The van der Waals surface area contributed by atoms with Crippen LogP contribution in [0.5, 0.6) is 0 Å². The van der Waals surface area contributed by atoms with Gasteiger partial charge in [0.05, 0.1) is 5.70 Å². The van der Waals surface area contributed by atoms with Crippen LogP contribution in [0.2, 0.25) is 0 Å². The summed E-state index contributed by atoms with van der Waals surface area (Å²) in [4.78, 5) is 0. The highest BCUT2D eigenvalue weighted by molar-refractivity contribution is 9.13. The molecule has 4 nitrogen and oxygen atoms in total. The molecule has 1 atom stereocenters. The van der Waals surface area contributed by atoms with E-state index in [1.807, 2.05) is 37.3 Å². The fourth-order valence-electron chi connectivity index (χ4n) is 2.03. The lowest BCUT2D eigenvalue weighted by Crippen LogP contribution is -2.37. The molecule has 0 amide bonds. The van der Waals surface area contributed by atoms with Crippen molar-refractivity contribution in [3.05, 3.63) is 45.4 Å². The summed E-state index contributed by atoms with van der Waals surface area (Å²) in [6.07, 6.45) is 0.923. The lowest BCUT2D eigenvalue weighted by atomic mass is 9.89. The van der Waals surface area contributed by atoms with Crippen LogP contribution in [-0.2, 0) is 20.7 Å². The molecule has 0 aliphatic carbocycles. The van der Waals surface area contributed by atoms with Gasteiger partial charge in [-0.2, -0.15) is 8.42 Å². The maximum Gasteiger partial charge on any atom is 0.306 e. The highest BCUT2D eigenvalue weighted by Gasteiger charge is 2.47. The van der Waals surface area contributed by atoms with Gasteiger partial charge in [-0.1, -0.05) is 37.3 Å². The first kappa shape index (κ1) is 13.6. The first-order valence-electron chi connectivity index (χ1n) is 5.56. The number of benzene rings is 1. The number of hydrogen-bond donors (Lipinski definition) is 1. The van der Waals surface area contributed by atoms with Gasteiger partial charge >= 0.3 is 10.1 Å². The molecule has 0 radical (unpaired) electrons. The van der Waals surface area contributed by atoms with Crippen molar-refractivity contribution >= 4 is 26.0 Å². The minimum absolute atomic E-state index is 0.0484. The van der Waals surface area contributed by atoms with Crippen LogP contribution < -0.4 is 5.73 Å². The van der Waals surface area contributed by atoms with E-state index in [2.05, 4.69) is 15.9 Å². The third kappa shape index (κ3) is 2.20. The minimum Gasteiger partial charge on any atom is -0.398 e. The molecule has 0 saturated carbocycles. The molecule has 1 aliphatic rings. The second-order valence-corrected chi connectivity index (χ2v) is 7.04. The molecule has 0 saturated heterocycles. The van der Waals surface area contributed by atoms with Crippen molar-refractivity contribution in [2.75, 3.05) is 0 Å². The van der Waals surface area contributed by atoms with Crippen molar-refractivity contribution in [1.29, 1.82) is 0 Å². The van der Waals surface area contributed by atoms with E-state index in [-0.39, 0.29) is 9.51 Å². The molecule has 6 heteroatoms. The lowest BCUT2D eigenvalue weighted by Gasteiger charge is -2.26. The van der Waals surface area contributed by atoms with E-state index in [1.54, 1.807) is 0 Å². The van der Waals surface area contributed by atoms with E-state index < -0.39 is 15.7 Å². The van der Waals surface area contributed by atoms with Crippen molar-refractivity contribution in [3.8, 4) is 0 Å². The Hall–Kier alpha value is -0.850. The lowest BCUT2D eigenvalue weighted by molar-refractivity contribution is 0.122. The van der Waals surface area contributed by atoms with Gasteiger partial charge in [-0.05, 0) is 27.9 Å². The first-order valence-corrected chi connectivity index (χ1v) is 7.77. The molecule has 0 aromatic heterocycles. The summed E-state index contributed by atoms with van der Waals surface area (Å²) in [5, 5.41) is 0. The monoisotopic (exact) mass is 331 g/mol. The highest BCUT2D eigenvalue weighted by Crippen LogP contribution is 2.41. The van der Waals surface area contributed by atoms with Crippen molar-refractivity contribution < 1.29 is 12.6 Å². The van der Waals surface area contributed by atoms with Crippen LogP contribution in [0.25, 0.3) is 0 Å². The van der Waals surface area contributed by atoms with E-state index in [0.717, 1.165) is 5.56 Å². The average molecular weight is 332 g/mol. The number of halogens is 1. The zero-order chi connectivity index (χ0) is 13.4. The van der Waals surface area contributed by atoms with E-state index in [9.17, 15) is 8.42 Å². The Balaban J connectivity index is 2.41. The van der Waals surface area contributed by atoms with Crippen molar-refractivity contribution in [2.24, 2.45) is 5.73 Å². The second-order valence-electron chi connectivity index (χ2n) is 4.24. The summed E-state index contributed by atoms with van der Waals surface area (Å²) >= 11 is 3.00. The fraction of sp³-hybridized carbons (Fsp3) is 0.333. The van der Waals surface area contributed by atoms with Crippen LogP contribution in [0.3, 0.4) is 0 Å². The van der Waals surface area contributed by atoms with Gasteiger partial charge in [-0.3, -0.25) is 4.18 Å².